The number of hydrogen-bond donors (Lipinski definition) is 5. The molecule has 0 radical (unpaired) electrons. The van der Waals surface area contributed by atoms with Crippen LogP contribution in [0.15, 0.2) is 42.5 Å². The van der Waals surface area contributed by atoms with Crippen molar-refractivity contribution in [2.24, 2.45) is 5.73 Å². The number of allylic oxidation sites excluding steroid dienone is 4. The summed E-state index contributed by atoms with van der Waals surface area (Å²) in [5.74, 6) is -1.27. The van der Waals surface area contributed by atoms with Crippen LogP contribution in [0.4, 0.5) is 0 Å². The molecule has 6 N–H and O–H groups in total. The van der Waals surface area contributed by atoms with Gasteiger partial charge in [0.1, 0.15) is 12.3 Å². The maximum Gasteiger partial charge on any atom is 0.242 e. The summed E-state index contributed by atoms with van der Waals surface area (Å²) < 4.78 is 0. The van der Waals surface area contributed by atoms with Gasteiger partial charge >= 0.3 is 0 Å². The minimum Gasteiger partial charge on any atom is -0.394 e. The molecular weight excluding hydrogens is 382 g/mol. The van der Waals surface area contributed by atoms with E-state index < -0.39 is 36.7 Å². The SMILES string of the molecule is CCC[C@H](NC(O)CCc1ccc(C2=CCCC=C2)cc1)C(=O)N[C@H](CO)C(N)=O. The number of hydrogen-bond acceptors (Lipinski definition) is 5. The summed E-state index contributed by atoms with van der Waals surface area (Å²) >= 11 is 0. The Morgan fingerprint density at radius 3 is 2.43 bits per heavy atom. The molecule has 0 bridgehead atoms. The van der Waals surface area contributed by atoms with Crippen molar-refractivity contribution in [1.82, 2.24) is 10.6 Å². The van der Waals surface area contributed by atoms with E-state index in [1.54, 1.807) is 0 Å². The third-order valence-corrected chi connectivity index (χ3v) is 5.12. The number of aliphatic hydroxyl groups is 2. The first-order chi connectivity index (χ1) is 14.4. The molecule has 7 heteroatoms. The molecule has 1 aromatic carbocycles. The lowest BCUT2D eigenvalue weighted by Crippen LogP contribution is -2.54. The molecule has 0 saturated heterocycles. The van der Waals surface area contributed by atoms with Gasteiger partial charge in [-0.1, -0.05) is 55.8 Å². The number of nitrogens with two attached hydrogens (primary N) is 1. The van der Waals surface area contributed by atoms with Gasteiger partial charge in [-0.15, -0.1) is 0 Å². The summed E-state index contributed by atoms with van der Waals surface area (Å²) in [6, 6.07) is 6.47. The van der Waals surface area contributed by atoms with Crippen molar-refractivity contribution < 1.29 is 19.8 Å². The number of rotatable bonds is 12. The lowest BCUT2D eigenvalue weighted by atomic mass is 9.98. The van der Waals surface area contributed by atoms with Gasteiger partial charge in [0, 0.05) is 0 Å². The molecule has 0 aliphatic heterocycles. The molecule has 0 aromatic heterocycles. The van der Waals surface area contributed by atoms with Crippen LogP contribution in [0.25, 0.3) is 5.57 Å². The number of carbonyl (C=O) groups is 2. The second kappa shape index (κ2) is 12.3. The van der Waals surface area contributed by atoms with E-state index in [1.165, 1.54) is 11.1 Å². The smallest absolute Gasteiger partial charge is 0.242 e. The van der Waals surface area contributed by atoms with Crippen LogP contribution < -0.4 is 16.4 Å². The number of aryl methyl sites for hydroxylation is 1. The third-order valence-electron chi connectivity index (χ3n) is 5.12. The Hall–Kier alpha value is -2.48. The van der Waals surface area contributed by atoms with E-state index in [-0.39, 0.29) is 0 Å². The number of aliphatic hydroxyl groups excluding tert-OH is 2. The van der Waals surface area contributed by atoms with Crippen molar-refractivity contribution in [3.63, 3.8) is 0 Å². The molecule has 0 fully saturated rings. The van der Waals surface area contributed by atoms with Gasteiger partial charge in [-0.25, -0.2) is 0 Å². The molecule has 1 aliphatic carbocycles. The monoisotopic (exact) mass is 415 g/mol. The molecule has 2 rings (SSSR count). The number of carbonyl (C=O) groups excluding carboxylic acids is 2. The fraction of sp³-hybridized carbons (Fsp3) is 0.478. The van der Waals surface area contributed by atoms with Gasteiger partial charge in [-0.05, 0) is 48.8 Å². The number of benzene rings is 1. The van der Waals surface area contributed by atoms with Crippen LogP contribution in [-0.4, -0.2) is 46.9 Å². The summed E-state index contributed by atoms with van der Waals surface area (Å²) in [6.07, 6.45) is 10.1. The molecular formula is C23H33N3O4. The first kappa shape index (κ1) is 23.8. The lowest BCUT2D eigenvalue weighted by molar-refractivity contribution is -0.130. The first-order valence-corrected chi connectivity index (χ1v) is 10.5. The number of primary amides is 1. The quantitative estimate of drug-likeness (QED) is 0.330. The molecule has 164 valence electrons. The first-order valence-electron chi connectivity index (χ1n) is 10.5. The molecule has 0 spiro atoms. The van der Waals surface area contributed by atoms with Crippen LogP contribution in [0.5, 0.6) is 0 Å². The van der Waals surface area contributed by atoms with E-state index in [4.69, 9.17) is 10.8 Å². The maximum absolute atomic E-state index is 12.4. The van der Waals surface area contributed by atoms with E-state index >= 15 is 0 Å². The van der Waals surface area contributed by atoms with Gasteiger partial charge in [0.05, 0.1) is 12.6 Å². The highest BCUT2D eigenvalue weighted by Crippen LogP contribution is 2.22. The highest BCUT2D eigenvalue weighted by atomic mass is 16.3. The Kier molecular flexibility index (Phi) is 9.73. The second-order valence-corrected chi connectivity index (χ2v) is 7.54. The van der Waals surface area contributed by atoms with Gasteiger partial charge in [0.25, 0.3) is 0 Å². The molecule has 1 unspecified atom stereocenters. The van der Waals surface area contributed by atoms with Gasteiger partial charge in [-0.2, -0.15) is 0 Å². The van der Waals surface area contributed by atoms with Crippen molar-refractivity contribution >= 4 is 17.4 Å². The Balaban J connectivity index is 1.87. The van der Waals surface area contributed by atoms with Crippen LogP contribution in [-0.2, 0) is 16.0 Å². The predicted octanol–water partition coefficient (Wildman–Crippen LogP) is 1.39. The number of nitrogens with one attached hydrogen (secondary N) is 2. The second-order valence-electron chi connectivity index (χ2n) is 7.54. The van der Waals surface area contributed by atoms with Crippen molar-refractivity contribution in [3.8, 4) is 0 Å². The lowest BCUT2D eigenvalue weighted by Gasteiger charge is -2.23. The largest absolute Gasteiger partial charge is 0.394 e. The van der Waals surface area contributed by atoms with E-state index in [1.807, 2.05) is 6.92 Å². The van der Waals surface area contributed by atoms with Gasteiger partial charge in [0.15, 0.2) is 0 Å². The molecule has 7 nitrogen and oxygen atoms in total. The predicted molar refractivity (Wildman–Crippen MR) is 117 cm³/mol. The topological polar surface area (TPSA) is 125 Å². The van der Waals surface area contributed by atoms with E-state index in [0.29, 0.717) is 25.7 Å². The van der Waals surface area contributed by atoms with Crippen LogP contribution in [0.3, 0.4) is 0 Å². The Bertz CT molecular complexity index is 758. The van der Waals surface area contributed by atoms with E-state index in [2.05, 4.69) is 53.1 Å². The van der Waals surface area contributed by atoms with Crippen molar-refractivity contribution in [2.75, 3.05) is 6.61 Å². The van der Waals surface area contributed by atoms with E-state index in [9.17, 15) is 14.7 Å². The molecule has 30 heavy (non-hydrogen) atoms. The van der Waals surface area contributed by atoms with Gasteiger partial charge in [0.2, 0.25) is 11.8 Å². The minimum atomic E-state index is -1.14. The zero-order chi connectivity index (χ0) is 21.9. The summed E-state index contributed by atoms with van der Waals surface area (Å²) in [7, 11) is 0. The van der Waals surface area contributed by atoms with Gasteiger partial charge in [-0.3, -0.25) is 14.9 Å². The minimum absolute atomic E-state index is 0.439. The van der Waals surface area contributed by atoms with Crippen LogP contribution in [0.1, 0.15) is 50.2 Å². The zero-order valence-corrected chi connectivity index (χ0v) is 17.5. The Morgan fingerprint density at radius 1 is 1.13 bits per heavy atom. The Labute approximate surface area is 178 Å². The molecule has 3 atom stereocenters. The zero-order valence-electron chi connectivity index (χ0n) is 17.5. The third kappa shape index (κ3) is 7.40. The molecule has 1 aliphatic rings. The normalized spacial score (nSPS) is 16.4. The Morgan fingerprint density at radius 2 is 1.87 bits per heavy atom. The van der Waals surface area contributed by atoms with Crippen molar-refractivity contribution in [2.45, 2.75) is 63.8 Å². The molecule has 1 aromatic rings. The van der Waals surface area contributed by atoms with Crippen LogP contribution in [0, 0.1) is 0 Å². The average molecular weight is 416 g/mol. The summed E-state index contributed by atoms with van der Waals surface area (Å²) in [5, 5.41) is 24.9. The highest BCUT2D eigenvalue weighted by molar-refractivity contribution is 5.89. The number of amides is 2. The summed E-state index contributed by atoms with van der Waals surface area (Å²) in [5.41, 5.74) is 8.67. The highest BCUT2D eigenvalue weighted by Gasteiger charge is 2.24. The average Bonchev–Trinajstić information content (AvgIpc) is 2.76. The summed E-state index contributed by atoms with van der Waals surface area (Å²) in [4.78, 5) is 23.6. The van der Waals surface area contributed by atoms with Crippen molar-refractivity contribution in [3.05, 3.63) is 53.6 Å². The molecule has 0 saturated carbocycles. The fourth-order valence-corrected chi connectivity index (χ4v) is 3.37. The standard InChI is InChI=1S/C23H33N3O4/c1-2-6-19(23(30)26-20(15-27)22(24)29)25-21(28)14-11-16-9-12-18(13-10-16)17-7-4-3-5-8-17/h4,7-10,12-13,19-21,25,27-28H,2-3,5-6,11,14-15H2,1H3,(H2,24,29)(H,26,30)/t19-,20+,21?/m0/s1. The fourth-order valence-electron chi connectivity index (χ4n) is 3.37. The maximum atomic E-state index is 12.4. The summed E-state index contributed by atoms with van der Waals surface area (Å²) in [6.45, 7) is 1.36. The molecule has 0 heterocycles. The van der Waals surface area contributed by atoms with Crippen LogP contribution >= 0.6 is 0 Å². The molecule has 2 amide bonds. The van der Waals surface area contributed by atoms with Crippen molar-refractivity contribution in [1.29, 1.82) is 0 Å². The van der Waals surface area contributed by atoms with Gasteiger partial charge < -0.3 is 21.3 Å². The van der Waals surface area contributed by atoms with Crippen LogP contribution in [0.2, 0.25) is 0 Å². The van der Waals surface area contributed by atoms with E-state index in [0.717, 1.165) is 18.4 Å².